The van der Waals surface area contributed by atoms with Gasteiger partial charge in [0.1, 0.15) is 0 Å². The third-order valence-electron chi connectivity index (χ3n) is 5.71. The van der Waals surface area contributed by atoms with Crippen LogP contribution in [0.1, 0.15) is 12.0 Å². The van der Waals surface area contributed by atoms with Crippen molar-refractivity contribution in [3.05, 3.63) is 66.2 Å². The molecule has 0 aliphatic heterocycles. The highest BCUT2D eigenvalue weighted by Crippen LogP contribution is 2.33. The van der Waals surface area contributed by atoms with Gasteiger partial charge in [-0.05, 0) is 43.3 Å². The van der Waals surface area contributed by atoms with E-state index in [1.54, 1.807) is 0 Å². The molecule has 30 heavy (non-hydrogen) atoms. The van der Waals surface area contributed by atoms with Crippen LogP contribution < -0.4 is 16.0 Å². The van der Waals surface area contributed by atoms with Gasteiger partial charge in [-0.2, -0.15) is 4.57 Å². The Labute approximate surface area is 178 Å². The zero-order valence-corrected chi connectivity index (χ0v) is 18.4. The van der Waals surface area contributed by atoms with Gasteiger partial charge in [0.25, 0.3) is 0 Å². The number of nitrogens with zero attached hydrogens (tertiary/aromatic N) is 2. The van der Waals surface area contributed by atoms with Gasteiger partial charge in [0.2, 0.25) is 11.2 Å². The number of rotatable bonds is 5. The van der Waals surface area contributed by atoms with E-state index in [0.717, 1.165) is 35.4 Å². The predicted octanol–water partition coefficient (Wildman–Crippen LogP) is 4.52. The molecule has 0 spiro atoms. The fourth-order valence-electron chi connectivity index (χ4n) is 4.22. The van der Waals surface area contributed by atoms with Gasteiger partial charge in [-0.25, -0.2) is 0 Å². The lowest BCUT2D eigenvalue weighted by Crippen LogP contribution is -2.42. The van der Waals surface area contributed by atoms with E-state index >= 15 is 0 Å². The van der Waals surface area contributed by atoms with Gasteiger partial charge in [-0.3, -0.25) is 0 Å². The van der Waals surface area contributed by atoms with E-state index in [-0.39, 0.29) is 0 Å². The van der Waals surface area contributed by atoms with Crippen molar-refractivity contribution in [3.63, 3.8) is 0 Å². The highest BCUT2D eigenvalue weighted by molar-refractivity contribution is 6.10. The Morgan fingerprint density at radius 3 is 2.07 bits per heavy atom. The number of fused-ring (bicyclic) bond motifs is 3. The van der Waals surface area contributed by atoms with Crippen LogP contribution in [0.3, 0.4) is 0 Å². The molecular formula is C26H32N4+2. The number of aryl methyl sites for hydroxylation is 2. The maximum Gasteiger partial charge on any atom is 0.220 e. The molecule has 0 aliphatic rings. The second-order valence-electron chi connectivity index (χ2n) is 9.32. The normalized spacial score (nSPS) is 12.0. The lowest BCUT2D eigenvalue weighted by Gasteiger charge is -2.23. The SMILES string of the molecule is Cc1ccc(-c2c3cc(N)ccc3c3ccc(N)cc3[n+]2CCC[N+](C)(C)C)cc1. The molecule has 0 amide bonds. The molecule has 0 fully saturated rings. The van der Waals surface area contributed by atoms with Crippen LogP contribution in [0.5, 0.6) is 0 Å². The molecule has 3 aromatic carbocycles. The minimum absolute atomic E-state index is 0.781. The van der Waals surface area contributed by atoms with E-state index < -0.39 is 0 Å². The first-order valence-electron chi connectivity index (χ1n) is 10.5. The summed E-state index contributed by atoms with van der Waals surface area (Å²) in [5, 5.41) is 3.60. The van der Waals surface area contributed by atoms with Gasteiger partial charge in [0.05, 0.1) is 44.9 Å². The van der Waals surface area contributed by atoms with E-state index in [9.17, 15) is 0 Å². The van der Waals surface area contributed by atoms with Crippen LogP contribution in [0.2, 0.25) is 0 Å². The fraction of sp³-hybridized carbons (Fsp3) is 0.269. The van der Waals surface area contributed by atoms with Crippen molar-refractivity contribution in [2.75, 3.05) is 39.2 Å². The summed E-state index contributed by atoms with van der Waals surface area (Å²) in [6.45, 7) is 4.14. The monoisotopic (exact) mass is 400 g/mol. The summed E-state index contributed by atoms with van der Waals surface area (Å²) in [6.07, 6.45) is 1.07. The van der Waals surface area contributed by atoms with Crippen molar-refractivity contribution in [1.82, 2.24) is 0 Å². The molecule has 4 heteroatoms. The maximum atomic E-state index is 6.24. The largest absolute Gasteiger partial charge is 0.399 e. The Kier molecular flexibility index (Phi) is 5.12. The fourth-order valence-corrected chi connectivity index (χ4v) is 4.22. The average molecular weight is 401 g/mol. The molecule has 0 bridgehead atoms. The van der Waals surface area contributed by atoms with Crippen LogP contribution in [0.4, 0.5) is 11.4 Å². The van der Waals surface area contributed by atoms with Crippen molar-refractivity contribution in [2.24, 2.45) is 0 Å². The number of aromatic nitrogens is 1. The second-order valence-corrected chi connectivity index (χ2v) is 9.32. The van der Waals surface area contributed by atoms with Crippen molar-refractivity contribution < 1.29 is 9.05 Å². The Morgan fingerprint density at radius 1 is 0.767 bits per heavy atom. The molecule has 4 N–H and O–H groups in total. The Hall–Kier alpha value is -3.11. The average Bonchev–Trinajstić information content (AvgIpc) is 2.68. The van der Waals surface area contributed by atoms with Gasteiger partial charge >= 0.3 is 0 Å². The molecule has 0 aliphatic carbocycles. The first kappa shape index (κ1) is 20.2. The molecule has 0 saturated carbocycles. The van der Waals surface area contributed by atoms with Crippen LogP contribution in [0, 0.1) is 6.92 Å². The van der Waals surface area contributed by atoms with Crippen molar-refractivity contribution in [3.8, 4) is 11.3 Å². The standard InChI is InChI=1S/C26H31N4/c1-18-6-8-19(9-7-18)26-24-16-20(27)10-12-22(24)23-13-11-21(28)17-25(23)29(26)14-5-15-30(2,3)4/h6-13,16-17,28H,5,14-15,27H2,1-4H3/q+1/p+1. The minimum atomic E-state index is 0.781. The van der Waals surface area contributed by atoms with Gasteiger partial charge in [-0.1, -0.05) is 23.8 Å². The van der Waals surface area contributed by atoms with Crippen LogP contribution in [0.15, 0.2) is 60.7 Å². The first-order valence-corrected chi connectivity index (χ1v) is 10.5. The van der Waals surface area contributed by atoms with Crippen LogP contribution in [-0.4, -0.2) is 32.2 Å². The molecule has 0 saturated heterocycles. The number of nitrogens with two attached hydrogens (primary N) is 2. The zero-order chi connectivity index (χ0) is 21.5. The summed E-state index contributed by atoms with van der Waals surface area (Å²) in [5.41, 5.74) is 18.9. The summed E-state index contributed by atoms with van der Waals surface area (Å²) in [4.78, 5) is 0. The van der Waals surface area contributed by atoms with E-state index in [0.29, 0.717) is 0 Å². The molecule has 0 atom stereocenters. The Balaban J connectivity index is 2.05. The molecule has 4 aromatic rings. The van der Waals surface area contributed by atoms with Gasteiger partial charge in [0, 0.05) is 28.4 Å². The summed E-state index contributed by atoms with van der Waals surface area (Å²) >= 11 is 0. The number of nitrogen functional groups attached to an aromatic ring is 2. The summed E-state index contributed by atoms with van der Waals surface area (Å²) in [5.74, 6) is 0. The van der Waals surface area contributed by atoms with Crippen LogP contribution in [0.25, 0.3) is 32.9 Å². The summed E-state index contributed by atoms with van der Waals surface area (Å²) < 4.78 is 3.38. The first-order chi connectivity index (χ1) is 14.2. The molecular weight excluding hydrogens is 368 g/mol. The molecule has 0 unspecified atom stereocenters. The van der Waals surface area contributed by atoms with E-state index in [1.807, 2.05) is 12.1 Å². The number of benzene rings is 3. The summed E-state index contributed by atoms with van der Waals surface area (Å²) in [6, 6.07) is 21.2. The van der Waals surface area contributed by atoms with Crippen molar-refractivity contribution >= 4 is 33.1 Å². The number of anilines is 2. The highest BCUT2D eigenvalue weighted by atomic mass is 15.3. The molecule has 0 radical (unpaired) electrons. The van der Waals surface area contributed by atoms with E-state index in [1.165, 1.54) is 38.5 Å². The minimum Gasteiger partial charge on any atom is -0.399 e. The number of quaternary nitrogens is 1. The summed E-state index contributed by atoms with van der Waals surface area (Å²) in [7, 11) is 6.72. The number of hydrogen-bond acceptors (Lipinski definition) is 2. The molecule has 1 aromatic heterocycles. The Bertz CT molecular complexity index is 1220. The van der Waals surface area contributed by atoms with Gasteiger partial charge < -0.3 is 16.0 Å². The van der Waals surface area contributed by atoms with E-state index in [4.69, 9.17) is 11.5 Å². The molecule has 154 valence electrons. The molecule has 4 nitrogen and oxygen atoms in total. The van der Waals surface area contributed by atoms with Crippen LogP contribution in [-0.2, 0) is 6.54 Å². The molecule has 4 rings (SSSR count). The lowest BCUT2D eigenvalue weighted by atomic mass is 9.97. The van der Waals surface area contributed by atoms with Crippen molar-refractivity contribution in [2.45, 2.75) is 19.9 Å². The zero-order valence-electron chi connectivity index (χ0n) is 18.4. The maximum absolute atomic E-state index is 6.24. The Morgan fingerprint density at radius 2 is 1.40 bits per heavy atom. The quantitative estimate of drug-likeness (QED) is 0.224. The predicted molar refractivity (Wildman–Crippen MR) is 128 cm³/mol. The number of hydrogen-bond donors (Lipinski definition) is 2. The molecule has 1 heterocycles. The topological polar surface area (TPSA) is 55.9 Å². The third-order valence-corrected chi connectivity index (χ3v) is 5.71. The third kappa shape index (κ3) is 3.96. The highest BCUT2D eigenvalue weighted by Gasteiger charge is 2.24. The van der Waals surface area contributed by atoms with Crippen molar-refractivity contribution in [1.29, 1.82) is 0 Å². The lowest BCUT2D eigenvalue weighted by molar-refractivity contribution is -0.872. The van der Waals surface area contributed by atoms with E-state index in [2.05, 4.69) is 81.2 Å². The number of pyridine rings is 1. The van der Waals surface area contributed by atoms with Gasteiger partial charge in [0.15, 0.2) is 6.54 Å². The van der Waals surface area contributed by atoms with Gasteiger partial charge in [-0.15, -0.1) is 0 Å². The second kappa shape index (κ2) is 7.62. The smallest absolute Gasteiger partial charge is 0.220 e. The van der Waals surface area contributed by atoms with Crippen LogP contribution >= 0.6 is 0 Å².